The lowest BCUT2D eigenvalue weighted by molar-refractivity contribution is -0.0912. The van der Waals surface area contributed by atoms with E-state index in [1.54, 1.807) is 37.3 Å². The number of ether oxygens (including phenoxy) is 2. The first-order valence-corrected chi connectivity index (χ1v) is 9.57. The summed E-state index contributed by atoms with van der Waals surface area (Å²) in [6.07, 6.45) is 4.74. The molecule has 0 fully saturated rings. The quantitative estimate of drug-likeness (QED) is 0.453. The van der Waals surface area contributed by atoms with Crippen molar-refractivity contribution in [3.8, 4) is 28.7 Å². The molecule has 0 spiro atoms. The van der Waals surface area contributed by atoms with Gasteiger partial charge in [-0.1, -0.05) is 18.2 Å². The van der Waals surface area contributed by atoms with Crippen molar-refractivity contribution in [1.82, 2.24) is 0 Å². The van der Waals surface area contributed by atoms with Crippen molar-refractivity contribution in [2.75, 3.05) is 7.11 Å². The number of rotatable bonds is 4. The first-order chi connectivity index (χ1) is 15.2. The van der Waals surface area contributed by atoms with Crippen molar-refractivity contribution in [3.05, 3.63) is 75.3 Å². The maximum Gasteiger partial charge on any atom is 0.347 e. The molecule has 2 aromatic carbocycles. The van der Waals surface area contributed by atoms with Crippen molar-refractivity contribution in [2.45, 2.75) is 12.7 Å². The minimum absolute atomic E-state index is 0.182. The van der Waals surface area contributed by atoms with Crippen LogP contribution in [-0.4, -0.2) is 33.3 Å². The Bertz CT molecular complexity index is 1320. The van der Waals surface area contributed by atoms with E-state index < -0.39 is 11.4 Å². The van der Waals surface area contributed by atoms with Gasteiger partial charge in [0.1, 0.15) is 17.1 Å². The lowest BCUT2D eigenvalue weighted by Gasteiger charge is -2.23. The van der Waals surface area contributed by atoms with Crippen molar-refractivity contribution >= 4 is 23.8 Å². The molecule has 0 bridgehead atoms. The fourth-order valence-corrected chi connectivity index (χ4v) is 3.36. The van der Waals surface area contributed by atoms with E-state index in [0.29, 0.717) is 16.7 Å². The summed E-state index contributed by atoms with van der Waals surface area (Å²) in [6, 6.07) is 10.1. The highest BCUT2D eigenvalue weighted by Gasteiger charge is 2.43. The molecule has 32 heavy (non-hydrogen) atoms. The number of aromatic hydroxyl groups is 4. The monoisotopic (exact) mass is 436 g/mol. The number of benzene rings is 2. The van der Waals surface area contributed by atoms with E-state index in [2.05, 4.69) is 0 Å². The zero-order valence-corrected chi connectivity index (χ0v) is 17.2. The molecule has 8 heteroatoms. The molecule has 0 unspecified atom stereocenters. The summed E-state index contributed by atoms with van der Waals surface area (Å²) < 4.78 is 16.9. The fraction of sp³-hybridized carbons (Fsp3) is 0.125. The molecule has 1 aliphatic heterocycles. The van der Waals surface area contributed by atoms with Gasteiger partial charge in [-0.2, -0.15) is 0 Å². The Kier molecular flexibility index (Phi) is 5.15. The van der Waals surface area contributed by atoms with Gasteiger partial charge in [0.15, 0.2) is 23.0 Å². The van der Waals surface area contributed by atoms with Crippen molar-refractivity contribution < 1.29 is 34.3 Å². The van der Waals surface area contributed by atoms with Gasteiger partial charge in [-0.05, 0) is 47.5 Å². The molecular weight excluding hydrogens is 416 g/mol. The van der Waals surface area contributed by atoms with E-state index in [0.717, 1.165) is 0 Å². The van der Waals surface area contributed by atoms with E-state index in [4.69, 9.17) is 13.9 Å². The predicted octanol–water partition coefficient (Wildman–Crippen LogP) is 3.93. The van der Waals surface area contributed by atoms with E-state index >= 15 is 0 Å². The summed E-state index contributed by atoms with van der Waals surface area (Å²) in [7, 11) is 1.44. The lowest BCUT2D eigenvalue weighted by atomic mass is 9.99. The molecule has 0 saturated heterocycles. The van der Waals surface area contributed by atoms with Crippen LogP contribution in [-0.2, 0) is 4.74 Å². The van der Waals surface area contributed by atoms with Crippen LogP contribution in [0.15, 0.2) is 51.7 Å². The number of hydrogen-bond acceptors (Lipinski definition) is 8. The van der Waals surface area contributed by atoms with Crippen LogP contribution in [0.4, 0.5) is 0 Å². The number of fused-ring (bicyclic) bond motifs is 1. The van der Waals surface area contributed by atoms with Gasteiger partial charge in [-0.25, -0.2) is 4.79 Å². The minimum Gasteiger partial charge on any atom is -0.504 e. The molecule has 4 N–H and O–H groups in total. The third-order valence-corrected chi connectivity index (χ3v) is 5.14. The average molecular weight is 436 g/mol. The van der Waals surface area contributed by atoms with E-state index in [9.17, 15) is 25.2 Å². The van der Waals surface area contributed by atoms with Crippen LogP contribution in [0.2, 0.25) is 0 Å². The molecule has 3 aromatic rings. The van der Waals surface area contributed by atoms with Crippen LogP contribution < -0.4 is 10.4 Å². The van der Waals surface area contributed by atoms with Gasteiger partial charge in [0.2, 0.25) is 5.79 Å². The Labute approximate surface area is 182 Å². The highest BCUT2D eigenvalue weighted by Crippen LogP contribution is 2.44. The summed E-state index contributed by atoms with van der Waals surface area (Å²) in [5.41, 5.74) is 1.03. The second kappa shape index (κ2) is 7.82. The average Bonchev–Trinajstić information content (AvgIpc) is 3.04. The fourth-order valence-electron chi connectivity index (χ4n) is 3.36. The van der Waals surface area contributed by atoms with E-state index in [1.165, 1.54) is 37.5 Å². The minimum atomic E-state index is -1.28. The Morgan fingerprint density at radius 2 is 1.50 bits per heavy atom. The van der Waals surface area contributed by atoms with Gasteiger partial charge in [-0.15, -0.1) is 0 Å². The van der Waals surface area contributed by atoms with Gasteiger partial charge in [0.25, 0.3) is 0 Å². The Balaban J connectivity index is 1.75. The Morgan fingerprint density at radius 1 is 0.875 bits per heavy atom. The smallest absolute Gasteiger partial charge is 0.347 e. The standard InChI is InChI=1S/C24H20O8/c1-24(30-2)16(9-14-5-8-18(26)20(28)11-14)22-21(32-24)12-15(31-23(22)29)6-3-13-4-7-17(25)19(27)10-13/h3-12,25-28H,1-2H3/b6-3+,16-9-/t24-/m1/s1. The van der Waals surface area contributed by atoms with Crippen LogP contribution in [0.3, 0.4) is 0 Å². The second-order valence-electron chi connectivity index (χ2n) is 7.32. The van der Waals surface area contributed by atoms with Crippen LogP contribution in [0.25, 0.3) is 23.8 Å². The molecule has 8 nitrogen and oxygen atoms in total. The van der Waals surface area contributed by atoms with Gasteiger partial charge >= 0.3 is 5.63 Å². The highest BCUT2D eigenvalue weighted by atomic mass is 16.7. The third-order valence-electron chi connectivity index (χ3n) is 5.14. The molecule has 0 amide bonds. The number of methoxy groups -OCH3 is 1. The van der Waals surface area contributed by atoms with E-state index in [-0.39, 0.29) is 40.1 Å². The molecule has 1 atom stereocenters. The summed E-state index contributed by atoms with van der Waals surface area (Å²) >= 11 is 0. The molecule has 1 aliphatic rings. The van der Waals surface area contributed by atoms with Crippen LogP contribution in [0, 0.1) is 0 Å². The largest absolute Gasteiger partial charge is 0.504 e. The van der Waals surface area contributed by atoms with E-state index in [1.807, 2.05) is 0 Å². The Hall–Kier alpha value is -4.17. The lowest BCUT2D eigenvalue weighted by Crippen LogP contribution is -2.31. The second-order valence-corrected chi connectivity index (χ2v) is 7.32. The first-order valence-electron chi connectivity index (χ1n) is 9.57. The van der Waals surface area contributed by atoms with Crippen molar-refractivity contribution in [3.63, 3.8) is 0 Å². The zero-order valence-electron chi connectivity index (χ0n) is 17.2. The zero-order chi connectivity index (χ0) is 23.0. The number of hydrogen-bond donors (Lipinski definition) is 4. The summed E-state index contributed by atoms with van der Waals surface area (Å²) in [4.78, 5) is 12.8. The molecule has 0 aliphatic carbocycles. The molecule has 4 rings (SSSR count). The molecule has 1 aromatic heterocycles. The predicted molar refractivity (Wildman–Crippen MR) is 117 cm³/mol. The highest BCUT2D eigenvalue weighted by molar-refractivity contribution is 5.90. The third kappa shape index (κ3) is 3.79. The molecule has 0 saturated carbocycles. The van der Waals surface area contributed by atoms with Gasteiger partial charge in [0.05, 0.1) is 0 Å². The Morgan fingerprint density at radius 3 is 2.12 bits per heavy atom. The number of phenolic OH excluding ortho intramolecular Hbond substituents is 4. The van der Waals surface area contributed by atoms with Crippen LogP contribution >= 0.6 is 0 Å². The SMILES string of the molecule is CO[C@]1(C)Oc2cc(/C=C/c3ccc(O)c(O)c3)oc(=O)c2/C1=C/c1ccc(O)c(O)c1. The van der Waals surface area contributed by atoms with Gasteiger partial charge < -0.3 is 34.3 Å². The van der Waals surface area contributed by atoms with Crippen LogP contribution in [0.5, 0.6) is 28.7 Å². The maximum atomic E-state index is 12.8. The van der Waals surface area contributed by atoms with Gasteiger partial charge in [0, 0.05) is 25.7 Å². The normalized spacial score (nSPS) is 18.8. The van der Waals surface area contributed by atoms with Crippen molar-refractivity contribution in [1.29, 1.82) is 0 Å². The van der Waals surface area contributed by atoms with Crippen molar-refractivity contribution in [2.24, 2.45) is 0 Å². The summed E-state index contributed by atoms with van der Waals surface area (Å²) in [5.74, 6) is -1.88. The maximum absolute atomic E-state index is 12.8. The van der Waals surface area contributed by atoms with Crippen LogP contribution in [0.1, 0.15) is 29.4 Å². The molecule has 2 heterocycles. The molecule has 0 radical (unpaired) electrons. The molecular formula is C24H20O8. The summed E-state index contributed by atoms with van der Waals surface area (Å²) in [5, 5.41) is 38.3. The number of phenols is 4. The van der Waals surface area contributed by atoms with Gasteiger partial charge in [-0.3, -0.25) is 0 Å². The topological polar surface area (TPSA) is 130 Å². The molecule has 164 valence electrons. The summed E-state index contributed by atoms with van der Waals surface area (Å²) in [6.45, 7) is 1.65. The first kappa shape index (κ1) is 21.1.